The van der Waals surface area contributed by atoms with Crippen LogP contribution < -0.4 is 0 Å². The third kappa shape index (κ3) is 2.34. The first kappa shape index (κ1) is 12.9. The molecule has 0 bridgehead atoms. The molecule has 1 fully saturated rings. The van der Waals surface area contributed by atoms with Crippen molar-refractivity contribution in [3.8, 4) is 0 Å². The zero-order chi connectivity index (χ0) is 12.5. The van der Waals surface area contributed by atoms with E-state index in [1.165, 1.54) is 21.3 Å². The van der Waals surface area contributed by atoms with Crippen LogP contribution in [0.15, 0.2) is 17.3 Å². The van der Waals surface area contributed by atoms with Gasteiger partial charge in [-0.25, -0.2) is 8.42 Å². The van der Waals surface area contributed by atoms with Crippen molar-refractivity contribution in [2.45, 2.75) is 30.3 Å². The molecule has 1 aliphatic rings. The highest BCUT2D eigenvalue weighted by molar-refractivity contribution is 7.89. The van der Waals surface area contributed by atoms with E-state index in [4.69, 9.17) is 11.6 Å². The van der Waals surface area contributed by atoms with Gasteiger partial charge in [-0.2, -0.15) is 9.40 Å². The van der Waals surface area contributed by atoms with Gasteiger partial charge in [0.25, 0.3) is 10.0 Å². The largest absolute Gasteiger partial charge is 0.260 e. The third-order valence-corrected chi connectivity index (χ3v) is 5.33. The number of hydrogen-bond donors (Lipinski definition) is 0. The fraction of sp³-hybridized carbons (Fsp3) is 0.700. The van der Waals surface area contributed by atoms with E-state index in [1.807, 2.05) is 0 Å². The van der Waals surface area contributed by atoms with Crippen molar-refractivity contribution >= 4 is 21.6 Å². The molecular formula is C10H16ClN3O2S. The van der Waals surface area contributed by atoms with E-state index in [1.54, 1.807) is 7.05 Å². The minimum atomic E-state index is -3.46. The minimum Gasteiger partial charge on any atom is -0.256 e. The highest BCUT2D eigenvalue weighted by atomic mass is 35.5. The van der Waals surface area contributed by atoms with Gasteiger partial charge in [0, 0.05) is 25.5 Å². The Balaban J connectivity index is 2.31. The van der Waals surface area contributed by atoms with Gasteiger partial charge in [0.2, 0.25) is 0 Å². The number of aromatic nitrogens is 2. The first-order valence-electron chi connectivity index (χ1n) is 5.63. The Morgan fingerprint density at radius 3 is 2.71 bits per heavy atom. The second-order valence-corrected chi connectivity index (χ2v) is 6.40. The predicted molar refractivity (Wildman–Crippen MR) is 65.5 cm³/mol. The maximum absolute atomic E-state index is 12.4. The standard InChI is InChI=1S/C10H16ClN3O2S/c1-13-10(5-7-12-13)17(15,16)14(8-6-11)9-3-2-4-9/h5,7,9H,2-4,6,8H2,1H3. The Labute approximate surface area is 106 Å². The van der Waals surface area contributed by atoms with Gasteiger partial charge in [-0.1, -0.05) is 6.42 Å². The SMILES string of the molecule is Cn1nccc1S(=O)(=O)N(CCCl)C1CCC1. The van der Waals surface area contributed by atoms with E-state index in [9.17, 15) is 8.42 Å². The molecule has 1 saturated carbocycles. The Morgan fingerprint density at radius 1 is 1.59 bits per heavy atom. The maximum atomic E-state index is 12.4. The highest BCUT2D eigenvalue weighted by Crippen LogP contribution is 2.29. The lowest BCUT2D eigenvalue weighted by atomic mass is 9.93. The lowest BCUT2D eigenvalue weighted by molar-refractivity contribution is 0.226. The van der Waals surface area contributed by atoms with Crippen molar-refractivity contribution in [2.24, 2.45) is 7.05 Å². The average Bonchev–Trinajstić information content (AvgIpc) is 2.61. The van der Waals surface area contributed by atoms with Gasteiger partial charge in [-0.3, -0.25) is 4.68 Å². The van der Waals surface area contributed by atoms with Gasteiger partial charge in [-0.05, 0) is 18.9 Å². The molecule has 96 valence electrons. The minimum absolute atomic E-state index is 0.105. The lowest BCUT2D eigenvalue weighted by Gasteiger charge is -2.35. The van der Waals surface area contributed by atoms with Crippen LogP contribution in [0.25, 0.3) is 0 Å². The average molecular weight is 278 g/mol. The smallest absolute Gasteiger partial charge is 0.256 e. The number of nitrogens with zero attached hydrogens (tertiary/aromatic N) is 3. The van der Waals surface area contributed by atoms with Crippen LogP contribution in [0, 0.1) is 0 Å². The van der Waals surface area contributed by atoms with Gasteiger partial charge in [0.1, 0.15) is 0 Å². The van der Waals surface area contributed by atoms with Crippen LogP contribution in [0.4, 0.5) is 0 Å². The van der Waals surface area contributed by atoms with E-state index in [0.29, 0.717) is 12.4 Å². The molecular weight excluding hydrogens is 262 g/mol. The second-order valence-electron chi connectivity index (χ2n) is 4.18. The molecule has 1 aromatic rings. The Kier molecular flexibility index (Phi) is 3.75. The number of alkyl halides is 1. The maximum Gasteiger partial charge on any atom is 0.260 e. The van der Waals surface area contributed by atoms with Gasteiger partial charge in [0.15, 0.2) is 5.03 Å². The Morgan fingerprint density at radius 2 is 2.29 bits per heavy atom. The van der Waals surface area contributed by atoms with Crippen LogP contribution in [-0.4, -0.2) is 41.0 Å². The summed E-state index contributed by atoms with van der Waals surface area (Å²) >= 11 is 5.70. The summed E-state index contributed by atoms with van der Waals surface area (Å²) in [6.07, 6.45) is 4.43. The van der Waals surface area contributed by atoms with Crippen LogP contribution in [0.5, 0.6) is 0 Å². The number of sulfonamides is 1. The van der Waals surface area contributed by atoms with Gasteiger partial charge in [-0.15, -0.1) is 11.6 Å². The first-order valence-corrected chi connectivity index (χ1v) is 7.60. The normalized spacial score (nSPS) is 17.4. The number of hydrogen-bond acceptors (Lipinski definition) is 3. The van der Waals surface area contributed by atoms with Crippen molar-refractivity contribution in [3.63, 3.8) is 0 Å². The van der Waals surface area contributed by atoms with E-state index < -0.39 is 10.0 Å². The van der Waals surface area contributed by atoms with Crippen LogP contribution in [0.2, 0.25) is 0 Å². The van der Waals surface area contributed by atoms with E-state index in [0.717, 1.165) is 19.3 Å². The zero-order valence-corrected chi connectivity index (χ0v) is 11.3. The van der Waals surface area contributed by atoms with Crippen molar-refractivity contribution in [1.82, 2.24) is 14.1 Å². The number of rotatable bonds is 5. The molecule has 0 atom stereocenters. The molecule has 0 radical (unpaired) electrons. The van der Waals surface area contributed by atoms with Crippen molar-refractivity contribution < 1.29 is 8.42 Å². The summed E-state index contributed by atoms with van der Waals surface area (Å²) < 4.78 is 27.8. The number of halogens is 1. The zero-order valence-electron chi connectivity index (χ0n) is 9.71. The van der Waals surface area contributed by atoms with Gasteiger partial charge in [0.05, 0.1) is 6.20 Å². The molecule has 5 nitrogen and oxygen atoms in total. The summed E-state index contributed by atoms with van der Waals surface area (Å²) in [7, 11) is -1.83. The highest BCUT2D eigenvalue weighted by Gasteiger charge is 2.35. The van der Waals surface area contributed by atoms with Crippen molar-refractivity contribution in [3.05, 3.63) is 12.3 Å². The van der Waals surface area contributed by atoms with Crippen LogP contribution >= 0.6 is 11.6 Å². The molecule has 17 heavy (non-hydrogen) atoms. The summed E-state index contributed by atoms with van der Waals surface area (Å²) in [5.74, 6) is 0.313. The van der Waals surface area contributed by atoms with E-state index in [2.05, 4.69) is 5.10 Å². The van der Waals surface area contributed by atoms with Crippen molar-refractivity contribution in [1.29, 1.82) is 0 Å². The van der Waals surface area contributed by atoms with Gasteiger partial charge >= 0.3 is 0 Å². The molecule has 0 saturated heterocycles. The van der Waals surface area contributed by atoms with Gasteiger partial charge < -0.3 is 0 Å². The molecule has 1 heterocycles. The molecule has 0 amide bonds. The summed E-state index contributed by atoms with van der Waals surface area (Å²) in [6.45, 7) is 0.361. The summed E-state index contributed by atoms with van der Waals surface area (Å²) in [5.41, 5.74) is 0. The quantitative estimate of drug-likeness (QED) is 0.760. The second kappa shape index (κ2) is 4.96. The molecule has 0 aromatic carbocycles. The monoisotopic (exact) mass is 277 g/mol. The molecule has 0 N–H and O–H groups in total. The molecule has 1 aliphatic carbocycles. The molecule has 0 aliphatic heterocycles. The van der Waals surface area contributed by atoms with E-state index in [-0.39, 0.29) is 11.1 Å². The molecule has 2 rings (SSSR count). The molecule has 0 unspecified atom stereocenters. The number of aryl methyl sites for hydroxylation is 1. The topological polar surface area (TPSA) is 55.2 Å². The summed E-state index contributed by atoms with van der Waals surface area (Å²) in [6, 6.07) is 1.63. The summed E-state index contributed by atoms with van der Waals surface area (Å²) in [4.78, 5) is 0. The first-order chi connectivity index (χ1) is 8.07. The van der Waals surface area contributed by atoms with Crippen LogP contribution in [0.1, 0.15) is 19.3 Å². The van der Waals surface area contributed by atoms with Crippen LogP contribution in [-0.2, 0) is 17.1 Å². The fourth-order valence-corrected chi connectivity index (χ4v) is 4.06. The lowest BCUT2D eigenvalue weighted by Crippen LogP contribution is -2.45. The van der Waals surface area contributed by atoms with Crippen LogP contribution in [0.3, 0.4) is 0 Å². The molecule has 7 heteroatoms. The van der Waals surface area contributed by atoms with E-state index >= 15 is 0 Å². The van der Waals surface area contributed by atoms with Crippen molar-refractivity contribution in [2.75, 3.05) is 12.4 Å². The molecule has 0 spiro atoms. The Hall–Kier alpha value is -0.590. The third-order valence-electron chi connectivity index (χ3n) is 3.14. The predicted octanol–water partition coefficient (Wildman–Crippen LogP) is 1.20. The molecule has 1 aromatic heterocycles. The fourth-order valence-electron chi connectivity index (χ4n) is 1.99. The Bertz CT molecular complexity index is 481. The summed E-state index contributed by atoms with van der Waals surface area (Å²) in [5, 5.41) is 4.14.